The molecule has 6 nitrogen and oxygen atoms in total. The van der Waals surface area contributed by atoms with Gasteiger partial charge in [0.15, 0.2) is 0 Å². The monoisotopic (exact) mass is 238 g/mol. The van der Waals surface area contributed by atoms with E-state index in [9.17, 15) is 0 Å². The second kappa shape index (κ2) is 6.09. The lowest BCUT2D eigenvalue weighted by Gasteiger charge is -2.32. The van der Waals surface area contributed by atoms with Crippen LogP contribution in [0.4, 0.5) is 0 Å². The zero-order valence-corrected chi connectivity index (χ0v) is 10.8. The van der Waals surface area contributed by atoms with Gasteiger partial charge in [-0.25, -0.2) is 0 Å². The van der Waals surface area contributed by atoms with E-state index < -0.39 is 0 Å². The van der Waals surface area contributed by atoms with Gasteiger partial charge in [0.2, 0.25) is 0 Å². The summed E-state index contributed by atoms with van der Waals surface area (Å²) in [4.78, 5) is 4.86. The first-order valence-electron chi connectivity index (χ1n) is 6.22. The van der Waals surface area contributed by atoms with Gasteiger partial charge in [-0.3, -0.25) is 9.58 Å². The van der Waals surface area contributed by atoms with E-state index in [2.05, 4.69) is 32.5 Å². The molecule has 1 aliphatic rings. The molecule has 96 valence electrons. The van der Waals surface area contributed by atoms with Crippen LogP contribution in [0.15, 0.2) is 6.20 Å². The zero-order chi connectivity index (χ0) is 12.1. The summed E-state index contributed by atoms with van der Waals surface area (Å²) in [5.74, 6) is 0. The fraction of sp³-hybridized carbons (Fsp3) is 0.818. The van der Waals surface area contributed by atoms with Gasteiger partial charge in [-0.2, -0.15) is 0 Å². The fourth-order valence-corrected chi connectivity index (χ4v) is 2.03. The maximum absolute atomic E-state index is 4.12. The molecule has 2 rings (SSSR count). The second-order valence-corrected chi connectivity index (χ2v) is 4.65. The van der Waals surface area contributed by atoms with E-state index in [0.717, 1.165) is 38.4 Å². The van der Waals surface area contributed by atoms with Crippen molar-refractivity contribution < 1.29 is 0 Å². The predicted molar refractivity (Wildman–Crippen MR) is 66.7 cm³/mol. The molecule has 6 heteroatoms. The summed E-state index contributed by atoms with van der Waals surface area (Å²) >= 11 is 0. The SMILES string of the molecule is CNCc1cn(CCN2CCN(C)CC2)nn1. The molecular formula is C11H22N6. The standard InChI is InChI=1S/C11H22N6/c1-12-9-11-10-17(14-13-11)8-7-16-5-3-15(2)4-6-16/h10,12H,3-9H2,1-2H3. The van der Waals surface area contributed by atoms with Crippen molar-refractivity contribution in [1.82, 2.24) is 30.1 Å². The predicted octanol–water partition coefficient (Wildman–Crippen LogP) is -0.755. The Labute approximate surface area is 103 Å². The van der Waals surface area contributed by atoms with Crippen molar-refractivity contribution in [2.75, 3.05) is 46.8 Å². The van der Waals surface area contributed by atoms with Crippen LogP contribution in [0.3, 0.4) is 0 Å². The first-order chi connectivity index (χ1) is 8.28. The summed E-state index contributed by atoms with van der Waals surface area (Å²) in [6.07, 6.45) is 2.02. The summed E-state index contributed by atoms with van der Waals surface area (Å²) in [7, 11) is 4.10. The third-order valence-corrected chi connectivity index (χ3v) is 3.19. The molecular weight excluding hydrogens is 216 g/mol. The lowest BCUT2D eigenvalue weighted by atomic mass is 10.3. The third kappa shape index (κ3) is 3.76. The van der Waals surface area contributed by atoms with E-state index in [1.165, 1.54) is 13.1 Å². The smallest absolute Gasteiger partial charge is 0.0964 e. The van der Waals surface area contributed by atoms with Crippen LogP contribution < -0.4 is 5.32 Å². The van der Waals surface area contributed by atoms with Crippen LogP contribution in [-0.2, 0) is 13.1 Å². The number of likely N-dealkylation sites (N-methyl/N-ethyl adjacent to an activating group) is 1. The van der Waals surface area contributed by atoms with Crippen LogP contribution >= 0.6 is 0 Å². The molecule has 1 aliphatic heterocycles. The van der Waals surface area contributed by atoms with Crippen molar-refractivity contribution in [3.05, 3.63) is 11.9 Å². The highest BCUT2D eigenvalue weighted by atomic mass is 15.4. The molecule has 1 N–H and O–H groups in total. The lowest BCUT2D eigenvalue weighted by molar-refractivity contribution is 0.148. The van der Waals surface area contributed by atoms with Crippen molar-refractivity contribution in [3.63, 3.8) is 0 Å². The Hall–Kier alpha value is -0.980. The highest BCUT2D eigenvalue weighted by Gasteiger charge is 2.13. The first kappa shape index (κ1) is 12.5. The average Bonchev–Trinajstić information content (AvgIpc) is 2.77. The van der Waals surface area contributed by atoms with E-state index in [4.69, 9.17) is 0 Å². The minimum Gasteiger partial charge on any atom is -0.314 e. The molecule has 1 saturated heterocycles. The Morgan fingerprint density at radius 1 is 1.24 bits per heavy atom. The first-order valence-corrected chi connectivity index (χ1v) is 6.22. The van der Waals surface area contributed by atoms with Gasteiger partial charge in [0.25, 0.3) is 0 Å². The molecule has 0 radical (unpaired) electrons. The molecule has 1 aromatic heterocycles. The van der Waals surface area contributed by atoms with Gasteiger partial charge in [-0.15, -0.1) is 5.10 Å². The van der Waals surface area contributed by atoms with Gasteiger partial charge in [-0.05, 0) is 14.1 Å². The van der Waals surface area contributed by atoms with Crippen molar-refractivity contribution in [2.24, 2.45) is 0 Å². The summed E-state index contributed by atoms with van der Waals surface area (Å²) in [5.41, 5.74) is 1.01. The van der Waals surface area contributed by atoms with Crippen molar-refractivity contribution in [2.45, 2.75) is 13.1 Å². The van der Waals surface area contributed by atoms with Crippen LogP contribution in [0.5, 0.6) is 0 Å². The van der Waals surface area contributed by atoms with Gasteiger partial charge in [0.1, 0.15) is 0 Å². The van der Waals surface area contributed by atoms with Gasteiger partial charge >= 0.3 is 0 Å². The lowest BCUT2D eigenvalue weighted by Crippen LogP contribution is -2.45. The minimum atomic E-state index is 0.786. The number of hydrogen-bond donors (Lipinski definition) is 1. The number of aromatic nitrogens is 3. The highest BCUT2D eigenvalue weighted by molar-refractivity contribution is 4.91. The number of piperazine rings is 1. The molecule has 2 heterocycles. The second-order valence-electron chi connectivity index (χ2n) is 4.65. The summed E-state index contributed by atoms with van der Waals surface area (Å²) in [6.45, 7) is 7.44. The Morgan fingerprint density at radius 3 is 2.71 bits per heavy atom. The van der Waals surface area contributed by atoms with Crippen LogP contribution in [0, 0.1) is 0 Å². The van der Waals surface area contributed by atoms with Crippen molar-refractivity contribution in [1.29, 1.82) is 0 Å². The van der Waals surface area contributed by atoms with Gasteiger partial charge in [0, 0.05) is 45.5 Å². The zero-order valence-electron chi connectivity index (χ0n) is 10.8. The molecule has 0 amide bonds. The van der Waals surface area contributed by atoms with Crippen LogP contribution in [0.1, 0.15) is 5.69 Å². The third-order valence-electron chi connectivity index (χ3n) is 3.19. The molecule has 0 atom stereocenters. The number of nitrogens with one attached hydrogen (secondary N) is 1. The topological polar surface area (TPSA) is 49.2 Å². The largest absolute Gasteiger partial charge is 0.314 e. The molecule has 0 saturated carbocycles. The van der Waals surface area contributed by atoms with Crippen LogP contribution in [0.25, 0.3) is 0 Å². The molecule has 0 bridgehead atoms. The molecule has 0 spiro atoms. The summed E-state index contributed by atoms with van der Waals surface area (Å²) in [6, 6.07) is 0. The van der Waals surface area contributed by atoms with Crippen molar-refractivity contribution >= 4 is 0 Å². The molecule has 1 fully saturated rings. The number of rotatable bonds is 5. The molecule has 0 aromatic carbocycles. The summed E-state index contributed by atoms with van der Waals surface area (Å²) in [5, 5.41) is 11.3. The Balaban J connectivity index is 1.73. The Kier molecular flexibility index (Phi) is 4.47. The molecule has 17 heavy (non-hydrogen) atoms. The molecule has 0 aliphatic carbocycles. The van der Waals surface area contributed by atoms with E-state index in [0.29, 0.717) is 0 Å². The van der Waals surface area contributed by atoms with E-state index >= 15 is 0 Å². The normalized spacial score (nSPS) is 18.7. The van der Waals surface area contributed by atoms with E-state index in [1.54, 1.807) is 0 Å². The maximum Gasteiger partial charge on any atom is 0.0964 e. The Bertz CT molecular complexity index is 328. The van der Waals surface area contributed by atoms with Crippen LogP contribution in [0.2, 0.25) is 0 Å². The molecule has 0 unspecified atom stereocenters. The fourth-order valence-electron chi connectivity index (χ4n) is 2.03. The van der Waals surface area contributed by atoms with Crippen molar-refractivity contribution in [3.8, 4) is 0 Å². The minimum absolute atomic E-state index is 0.786. The average molecular weight is 238 g/mol. The van der Waals surface area contributed by atoms with Crippen LogP contribution in [-0.4, -0.2) is 71.6 Å². The quantitative estimate of drug-likeness (QED) is 0.731. The molecule has 1 aromatic rings. The van der Waals surface area contributed by atoms with E-state index in [1.807, 2.05) is 17.9 Å². The maximum atomic E-state index is 4.12. The van der Waals surface area contributed by atoms with Gasteiger partial charge < -0.3 is 10.2 Å². The number of hydrogen-bond acceptors (Lipinski definition) is 5. The van der Waals surface area contributed by atoms with Gasteiger partial charge in [0.05, 0.1) is 12.2 Å². The number of nitrogens with zero attached hydrogens (tertiary/aromatic N) is 5. The van der Waals surface area contributed by atoms with Gasteiger partial charge in [-0.1, -0.05) is 5.21 Å². The highest BCUT2D eigenvalue weighted by Crippen LogP contribution is 2.00. The Morgan fingerprint density at radius 2 is 2.00 bits per heavy atom. The summed E-state index contributed by atoms with van der Waals surface area (Å²) < 4.78 is 1.94. The van der Waals surface area contributed by atoms with E-state index in [-0.39, 0.29) is 0 Å².